The fourth-order valence-corrected chi connectivity index (χ4v) is 6.42. The summed E-state index contributed by atoms with van der Waals surface area (Å²) in [4.78, 5) is 30.9. The zero-order chi connectivity index (χ0) is 32.6. The summed E-state index contributed by atoms with van der Waals surface area (Å²) in [5.41, 5.74) is 4.84. The Bertz CT molecular complexity index is 1130. The quantitative estimate of drug-likeness (QED) is 0.0837. The fraction of sp³-hybridized carbons (Fsp3) is 0.667. The van der Waals surface area contributed by atoms with Crippen LogP contribution in [0.4, 0.5) is 0 Å². The van der Waals surface area contributed by atoms with Gasteiger partial charge in [-0.25, -0.2) is 0 Å². The number of hydrogen-bond acceptors (Lipinski definition) is 4. The van der Waals surface area contributed by atoms with Gasteiger partial charge >= 0.3 is 0 Å². The lowest BCUT2D eigenvalue weighted by atomic mass is 9.88. The highest BCUT2D eigenvalue weighted by Gasteiger charge is 2.38. The minimum atomic E-state index is -0.448. The van der Waals surface area contributed by atoms with Gasteiger partial charge in [0.25, 0.3) is 11.8 Å². The second-order valence-corrected chi connectivity index (χ2v) is 13.4. The van der Waals surface area contributed by atoms with Crippen LogP contribution in [0.5, 0.6) is 0 Å². The molecule has 2 heterocycles. The third kappa shape index (κ3) is 10.4. The van der Waals surface area contributed by atoms with E-state index in [4.69, 9.17) is 0 Å². The van der Waals surface area contributed by atoms with Gasteiger partial charge in [0.2, 0.25) is 0 Å². The van der Waals surface area contributed by atoms with Gasteiger partial charge in [0.15, 0.2) is 0 Å². The third-order valence-corrected chi connectivity index (χ3v) is 8.88. The second-order valence-electron chi connectivity index (χ2n) is 13.4. The first-order valence-electron chi connectivity index (χ1n) is 17.8. The number of amides is 2. The number of carbonyl (C=O) groups is 2. The first-order chi connectivity index (χ1) is 21.1. The molecule has 2 rings (SSSR count). The molecule has 44 heavy (non-hydrogen) atoms. The number of nitrogens with zero attached hydrogens (tertiary/aromatic N) is 3. The second kappa shape index (κ2) is 19.5. The zero-order valence-electron chi connectivity index (χ0n) is 29.3. The van der Waals surface area contributed by atoms with Crippen LogP contribution in [0.3, 0.4) is 0 Å². The summed E-state index contributed by atoms with van der Waals surface area (Å²) in [5.74, 6) is -0.0147. The molecule has 0 saturated heterocycles. The van der Waals surface area contributed by atoms with Crippen LogP contribution >= 0.6 is 0 Å². The Balaban J connectivity index is 2.31. The van der Waals surface area contributed by atoms with Gasteiger partial charge < -0.3 is 4.90 Å². The summed E-state index contributed by atoms with van der Waals surface area (Å²) < 4.78 is 0. The third-order valence-electron chi connectivity index (χ3n) is 8.88. The minimum Gasteiger partial charge on any atom is -0.348 e. The summed E-state index contributed by atoms with van der Waals surface area (Å²) in [5, 5.41) is 9.97. The van der Waals surface area contributed by atoms with E-state index in [-0.39, 0.29) is 17.5 Å². The van der Waals surface area contributed by atoms with E-state index in [0.717, 1.165) is 25.0 Å². The van der Waals surface area contributed by atoms with Gasteiger partial charge in [-0.05, 0) is 67.4 Å². The Morgan fingerprint density at radius 3 is 1.75 bits per heavy atom. The number of nitriles is 1. The Morgan fingerprint density at radius 1 is 0.727 bits per heavy atom. The van der Waals surface area contributed by atoms with Gasteiger partial charge in [-0.15, -0.1) is 0 Å². The van der Waals surface area contributed by atoms with Crippen molar-refractivity contribution in [1.82, 2.24) is 9.80 Å². The zero-order valence-corrected chi connectivity index (χ0v) is 29.3. The highest BCUT2D eigenvalue weighted by atomic mass is 16.2. The average Bonchev–Trinajstić information content (AvgIpc) is 2.98. The molecule has 0 aromatic rings. The molecule has 0 bridgehead atoms. The average molecular weight is 604 g/mol. The maximum absolute atomic E-state index is 13.8. The van der Waals surface area contributed by atoms with Crippen LogP contribution in [0.2, 0.25) is 0 Å². The molecule has 0 radical (unpaired) electrons. The molecule has 1 unspecified atom stereocenters. The van der Waals surface area contributed by atoms with Crippen LogP contribution in [0.25, 0.3) is 0 Å². The number of carbonyl (C=O) groups excluding carboxylic acids is 2. The van der Waals surface area contributed by atoms with Crippen LogP contribution in [0.15, 0.2) is 58.0 Å². The van der Waals surface area contributed by atoms with Crippen molar-refractivity contribution in [3.05, 3.63) is 58.0 Å². The summed E-state index contributed by atoms with van der Waals surface area (Å²) in [6.07, 6.45) is 24.5. The molecule has 2 aliphatic rings. The predicted molar refractivity (Wildman–Crippen MR) is 184 cm³/mol. The van der Waals surface area contributed by atoms with Crippen molar-refractivity contribution in [1.29, 1.82) is 5.26 Å². The van der Waals surface area contributed by atoms with Gasteiger partial charge in [-0.3, -0.25) is 14.5 Å². The van der Waals surface area contributed by atoms with Crippen molar-refractivity contribution in [2.75, 3.05) is 6.54 Å². The number of unbranched alkanes of at least 4 members (excludes halogenated alkanes) is 9. The summed E-state index contributed by atoms with van der Waals surface area (Å²) in [7, 11) is 0. The Hall–Kier alpha value is -2.87. The molecule has 0 fully saturated rings. The van der Waals surface area contributed by atoms with Crippen LogP contribution in [-0.2, 0) is 9.59 Å². The van der Waals surface area contributed by atoms with E-state index < -0.39 is 5.91 Å². The highest BCUT2D eigenvalue weighted by Crippen LogP contribution is 2.34. The molecule has 2 amide bonds. The Kier molecular flexibility index (Phi) is 16.5. The van der Waals surface area contributed by atoms with E-state index in [2.05, 4.69) is 57.7 Å². The van der Waals surface area contributed by atoms with Crippen LogP contribution in [0, 0.1) is 23.2 Å². The molecule has 0 spiro atoms. The van der Waals surface area contributed by atoms with Gasteiger partial charge in [0, 0.05) is 29.6 Å². The van der Waals surface area contributed by atoms with Crippen LogP contribution in [0.1, 0.15) is 145 Å². The van der Waals surface area contributed by atoms with E-state index in [9.17, 15) is 14.9 Å². The monoisotopic (exact) mass is 603 g/mol. The van der Waals surface area contributed by atoms with E-state index in [1.807, 2.05) is 32.9 Å². The fourth-order valence-electron chi connectivity index (χ4n) is 6.42. The first-order valence-corrected chi connectivity index (χ1v) is 17.8. The molecule has 0 saturated carbocycles. The molecule has 0 aromatic heterocycles. The molecule has 0 aliphatic carbocycles. The Morgan fingerprint density at radius 2 is 1.27 bits per heavy atom. The van der Waals surface area contributed by atoms with Crippen molar-refractivity contribution >= 4 is 11.8 Å². The normalized spacial score (nSPS) is 17.6. The lowest BCUT2D eigenvalue weighted by molar-refractivity contribution is -0.143. The van der Waals surface area contributed by atoms with Crippen molar-refractivity contribution in [3.63, 3.8) is 0 Å². The highest BCUT2D eigenvalue weighted by molar-refractivity contribution is 6.18. The van der Waals surface area contributed by atoms with Gasteiger partial charge in [-0.1, -0.05) is 125 Å². The van der Waals surface area contributed by atoms with Crippen LogP contribution < -0.4 is 0 Å². The molecule has 1 atom stereocenters. The van der Waals surface area contributed by atoms with Gasteiger partial charge in [0.1, 0.15) is 11.6 Å². The minimum absolute atomic E-state index is 0.113. The molecular weight excluding hydrogens is 542 g/mol. The maximum atomic E-state index is 13.8. The van der Waals surface area contributed by atoms with Crippen molar-refractivity contribution in [3.8, 4) is 6.07 Å². The summed E-state index contributed by atoms with van der Waals surface area (Å²) in [6.45, 7) is 18.3. The SMILES string of the molecule is CCCCCCCCCCCCN1C(C(C)C)=CC(=C/C=C2/C(=O)N(C(C)CCC)C(=O)C(C#N)=C2CCC)C=C1C(C)C. The molecule has 5 heteroatoms. The summed E-state index contributed by atoms with van der Waals surface area (Å²) in [6, 6.07) is 1.89. The Labute approximate surface area is 269 Å². The predicted octanol–water partition coefficient (Wildman–Crippen LogP) is 10.3. The topological polar surface area (TPSA) is 64.4 Å². The largest absolute Gasteiger partial charge is 0.348 e. The molecule has 0 N–H and O–H groups in total. The van der Waals surface area contributed by atoms with Crippen molar-refractivity contribution in [2.45, 2.75) is 151 Å². The lowest BCUT2D eigenvalue weighted by Gasteiger charge is -2.37. The van der Waals surface area contributed by atoms with Crippen molar-refractivity contribution in [2.24, 2.45) is 11.8 Å². The van der Waals surface area contributed by atoms with E-state index in [0.29, 0.717) is 35.8 Å². The number of allylic oxidation sites excluding steroid dienone is 7. The van der Waals surface area contributed by atoms with Gasteiger partial charge in [0.05, 0.1) is 0 Å². The maximum Gasteiger partial charge on any atom is 0.271 e. The first kappa shape index (κ1) is 37.3. The molecular formula is C39H61N3O2. The van der Waals surface area contributed by atoms with Crippen LogP contribution in [-0.4, -0.2) is 34.2 Å². The standard InChI is InChI=1S/C39H61N3O2/c1-9-12-13-14-15-16-17-18-19-20-25-41-36(29(4)5)26-32(27-37(41)30(6)7)23-24-34-33(22-11-3)35(28-40)39(44)42(38(34)43)31(8)21-10-2/h23-24,26-27,29-31H,9-22,25H2,1-8H3/b34-24+. The van der Waals surface area contributed by atoms with Gasteiger partial charge in [-0.2, -0.15) is 5.26 Å². The number of hydrogen-bond donors (Lipinski definition) is 0. The smallest absolute Gasteiger partial charge is 0.271 e. The number of rotatable bonds is 19. The van der Waals surface area contributed by atoms with Crippen molar-refractivity contribution < 1.29 is 9.59 Å². The summed E-state index contributed by atoms with van der Waals surface area (Å²) >= 11 is 0. The van der Waals surface area contributed by atoms with E-state index in [1.54, 1.807) is 0 Å². The molecule has 0 aromatic carbocycles. The molecule has 244 valence electrons. The molecule has 5 nitrogen and oxygen atoms in total. The molecule has 2 aliphatic heterocycles. The number of imide groups is 1. The lowest BCUT2D eigenvalue weighted by Crippen LogP contribution is -2.48. The van der Waals surface area contributed by atoms with E-state index in [1.165, 1.54) is 80.5 Å². The van der Waals surface area contributed by atoms with E-state index >= 15 is 0 Å².